The lowest BCUT2D eigenvalue weighted by Crippen LogP contribution is -2.28. The Hall–Kier alpha value is -0.860. The fourth-order valence-electron chi connectivity index (χ4n) is 2.04. The average molecular weight is 221 g/mol. The summed E-state index contributed by atoms with van der Waals surface area (Å²) < 4.78 is 0. The number of aliphatic hydroxyl groups is 1. The van der Waals surface area contributed by atoms with E-state index in [1.165, 1.54) is 0 Å². The van der Waals surface area contributed by atoms with Gasteiger partial charge >= 0.3 is 0 Å². The van der Waals surface area contributed by atoms with Crippen LogP contribution < -0.4 is 0 Å². The molecule has 0 radical (unpaired) electrons. The molecule has 2 heteroatoms. The number of aliphatic hydroxyl groups excluding tert-OH is 1. The van der Waals surface area contributed by atoms with Crippen LogP contribution in [0.15, 0.2) is 30.3 Å². The molecule has 1 aromatic carbocycles. The van der Waals surface area contributed by atoms with Crippen LogP contribution in [0.25, 0.3) is 0 Å². The Kier molecular flexibility index (Phi) is 5.50. The molecule has 0 heterocycles. The van der Waals surface area contributed by atoms with Crippen LogP contribution in [0.3, 0.4) is 0 Å². The zero-order valence-electron chi connectivity index (χ0n) is 10.6. The van der Waals surface area contributed by atoms with E-state index in [0.29, 0.717) is 0 Å². The zero-order chi connectivity index (χ0) is 12.0. The second kappa shape index (κ2) is 6.66. The Morgan fingerprint density at radius 2 is 1.88 bits per heavy atom. The summed E-state index contributed by atoms with van der Waals surface area (Å²) in [6.07, 6.45) is 0.797. The van der Waals surface area contributed by atoms with Gasteiger partial charge < -0.3 is 10.0 Å². The van der Waals surface area contributed by atoms with Crippen molar-refractivity contribution in [2.45, 2.75) is 26.4 Å². The molecule has 0 aliphatic heterocycles. The Morgan fingerprint density at radius 3 is 2.44 bits per heavy atom. The standard InChI is InChI=1S/C14H23NO/c1-4-10-15(3)11-12(2)14(16)13-8-6-5-7-9-13/h5-9,12,14,16H,4,10-11H2,1-3H3. The summed E-state index contributed by atoms with van der Waals surface area (Å²) in [7, 11) is 2.11. The highest BCUT2D eigenvalue weighted by Crippen LogP contribution is 2.21. The third-order valence-electron chi connectivity index (χ3n) is 2.89. The van der Waals surface area contributed by atoms with E-state index in [1.807, 2.05) is 30.3 Å². The van der Waals surface area contributed by atoms with Crippen LogP contribution >= 0.6 is 0 Å². The van der Waals surface area contributed by atoms with E-state index in [-0.39, 0.29) is 12.0 Å². The Balaban J connectivity index is 2.51. The van der Waals surface area contributed by atoms with Crippen molar-refractivity contribution in [3.63, 3.8) is 0 Å². The molecule has 0 aromatic heterocycles. The van der Waals surface area contributed by atoms with Gasteiger partial charge in [0.1, 0.15) is 0 Å². The molecule has 1 N–H and O–H groups in total. The van der Waals surface area contributed by atoms with E-state index in [4.69, 9.17) is 0 Å². The molecule has 0 saturated carbocycles. The van der Waals surface area contributed by atoms with E-state index in [0.717, 1.165) is 25.1 Å². The molecule has 1 rings (SSSR count). The van der Waals surface area contributed by atoms with Crippen LogP contribution in [0.4, 0.5) is 0 Å². The predicted octanol–water partition coefficient (Wildman–Crippen LogP) is 2.70. The normalized spacial score (nSPS) is 15.1. The first-order valence-electron chi connectivity index (χ1n) is 6.06. The summed E-state index contributed by atoms with van der Waals surface area (Å²) in [6, 6.07) is 9.90. The highest BCUT2D eigenvalue weighted by molar-refractivity contribution is 5.17. The van der Waals surface area contributed by atoms with Crippen LogP contribution in [0, 0.1) is 5.92 Å². The summed E-state index contributed by atoms with van der Waals surface area (Å²) in [4.78, 5) is 2.27. The highest BCUT2D eigenvalue weighted by Gasteiger charge is 2.17. The van der Waals surface area contributed by atoms with Gasteiger partial charge in [-0.1, -0.05) is 44.2 Å². The van der Waals surface area contributed by atoms with E-state index >= 15 is 0 Å². The van der Waals surface area contributed by atoms with Gasteiger partial charge in [-0.2, -0.15) is 0 Å². The van der Waals surface area contributed by atoms with Crippen molar-refractivity contribution < 1.29 is 5.11 Å². The van der Waals surface area contributed by atoms with Crippen LogP contribution in [0.1, 0.15) is 31.9 Å². The molecule has 90 valence electrons. The Morgan fingerprint density at radius 1 is 1.25 bits per heavy atom. The first-order valence-corrected chi connectivity index (χ1v) is 6.06. The number of hydrogen-bond donors (Lipinski definition) is 1. The molecule has 0 saturated heterocycles. The number of benzene rings is 1. The summed E-state index contributed by atoms with van der Waals surface area (Å²) in [5, 5.41) is 10.2. The lowest BCUT2D eigenvalue weighted by atomic mass is 9.97. The van der Waals surface area contributed by atoms with Crippen molar-refractivity contribution >= 4 is 0 Å². The average Bonchev–Trinajstić information content (AvgIpc) is 2.29. The molecule has 2 nitrogen and oxygen atoms in total. The van der Waals surface area contributed by atoms with Crippen LogP contribution in [-0.4, -0.2) is 30.1 Å². The van der Waals surface area contributed by atoms with E-state index in [9.17, 15) is 5.11 Å². The molecule has 2 unspecified atom stereocenters. The van der Waals surface area contributed by atoms with Gasteiger partial charge in [0.2, 0.25) is 0 Å². The second-order valence-electron chi connectivity index (χ2n) is 4.60. The van der Waals surface area contributed by atoms with Crippen molar-refractivity contribution in [2.75, 3.05) is 20.1 Å². The summed E-state index contributed by atoms with van der Waals surface area (Å²) in [5.74, 6) is 0.263. The smallest absolute Gasteiger partial charge is 0.0827 e. The van der Waals surface area contributed by atoms with Crippen molar-refractivity contribution in [3.05, 3.63) is 35.9 Å². The Labute approximate surface area is 98.9 Å². The van der Waals surface area contributed by atoms with Gasteiger partial charge in [-0.3, -0.25) is 0 Å². The van der Waals surface area contributed by atoms with Gasteiger partial charge in [-0.15, -0.1) is 0 Å². The van der Waals surface area contributed by atoms with Crippen molar-refractivity contribution in [1.82, 2.24) is 4.90 Å². The third kappa shape index (κ3) is 3.95. The highest BCUT2D eigenvalue weighted by atomic mass is 16.3. The van der Waals surface area contributed by atoms with Crippen molar-refractivity contribution in [2.24, 2.45) is 5.92 Å². The monoisotopic (exact) mass is 221 g/mol. The number of hydrogen-bond acceptors (Lipinski definition) is 2. The third-order valence-corrected chi connectivity index (χ3v) is 2.89. The maximum Gasteiger partial charge on any atom is 0.0827 e. The van der Waals surface area contributed by atoms with Crippen molar-refractivity contribution in [3.8, 4) is 0 Å². The Bertz CT molecular complexity index is 286. The fourth-order valence-corrected chi connectivity index (χ4v) is 2.04. The van der Waals surface area contributed by atoms with Gasteiger partial charge in [0.15, 0.2) is 0 Å². The van der Waals surface area contributed by atoms with E-state index in [2.05, 4.69) is 25.8 Å². The maximum atomic E-state index is 10.2. The van der Waals surface area contributed by atoms with E-state index < -0.39 is 0 Å². The lowest BCUT2D eigenvalue weighted by molar-refractivity contribution is 0.0950. The first kappa shape index (κ1) is 13.2. The summed E-state index contributed by atoms with van der Waals surface area (Å²) in [6.45, 7) is 6.30. The maximum absolute atomic E-state index is 10.2. The molecule has 0 aliphatic rings. The van der Waals surface area contributed by atoms with Gasteiger partial charge in [0, 0.05) is 6.54 Å². The summed E-state index contributed by atoms with van der Waals surface area (Å²) >= 11 is 0. The first-order chi connectivity index (χ1) is 7.65. The quantitative estimate of drug-likeness (QED) is 0.798. The van der Waals surface area contributed by atoms with Gasteiger partial charge in [0.25, 0.3) is 0 Å². The molecular weight excluding hydrogens is 198 g/mol. The SMILES string of the molecule is CCCN(C)CC(C)C(O)c1ccccc1. The molecule has 16 heavy (non-hydrogen) atoms. The number of nitrogens with zero attached hydrogens (tertiary/aromatic N) is 1. The van der Waals surface area contributed by atoms with Crippen molar-refractivity contribution in [1.29, 1.82) is 0 Å². The van der Waals surface area contributed by atoms with Crippen LogP contribution in [-0.2, 0) is 0 Å². The van der Waals surface area contributed by atoms with Crippen LogP contribution in [0.2, 0.25) is 0 Å². The minimum absolute atomic E-state index is 0.263. The summed E-state index contributed by atoms with van der Waals surface area (Å²) in [5.41, 5.74) is 1.01. The molecule has 2 atom stereocenters. The van der Waals surface area contributed by atoms with Gasteiger partial charge in [-0.05, 0) is 31.5 Å². The largest absolute Gasteiger partial charge is 0.388 e. The minimum Gasteiger partial charge on any atom is -0.388 e. The molecule has 0 amide bonds. The fraction of sp³-hybridized carbons (Fsp3) is 0.571. The molecule has 0 spiro atoms. The molecule has 0 bridgehead atoms. The van der Waals surface area contributed by atoms with Crippen LogP contribution in [0.5, 0.6) is 0 Å². The van der Waals surface area contributed by atoms with Gasteiger partial charge in [-0.25, -0.2) is 0 Å². The molecule has 0 fully saturated rings. The number of rotatable bonds is 6. The molecule has 0 aliphatic carbocycles. The topological polar surface area (TPSA) is 23.5 Å². The second-order valence-corrected chi connectivity index (χ2v) is 4.60. The van der Waals surface area contributed by atoms with Gasteiger partial charge in [0.05, 0.1) is 6.10 Å². The van der Waals surface area contributed by atoms with E-state index in [1.54, 1.807) is 0 Å². The molecule has 1 aromatic rings. The predicted molar refractivity (Wildman–Crippen MR) is 68.4 cm³/mol. The zero-order valence-corrected chi connectivity index (χ0v) is 10.6. The molecular formula is C14H23NO. The minimum atomic E-state index is -0.361. The lowest BCUT2D eigenvalue weighted by Gasteiger charge is -2.24.